The van der Waals surface area contributed by atoms with Gasteiger partial charge in [-0.05, 0) is 43.4 Å². The van der Waals surface area contributed by atoms with Crippen molar-refractivity contribution in [3.63, 3.8) is 0 Å². The lowest BCUT2D eigenvalue weighted by Gasteiger charge is -2.15. The van der Waals surface area contributed by atoms with Crippen molar-refractivity contribution >= 4 is 0 Å². The molecule has 0 spiro atoms. The van der Waals surface area contributed by atoms with Crippen LogP contribution in [-0.2, 0) is 13.1 Å². The van der Waals surface area contributed by atoms with E-state index in [1.54, 1.807) is 0 Å². The number of aryl methyl sites for hydroxylation is 1. The Kier molecular flexibility index (Phi) is 4.05. The van der Waals surface area contributed by atoms with Crippen LogP contribution in [0.25, 0.3) is 0 Å². The highest BCUT2D eigenvalue weighted by atomic mass is 14.9. The van der Waals surface area contributed by atoms with Gasteiger partial charge in [-0.1, -0.05) is 19.8 Å². The van der Waals surface area contributed by atoms with E-state index in [1.165, 1.54) is 31.4 Å². The third kappa shape index (κ3) is 2.88. The molecule has 1 saturated carbocycles. The Balaban J connectivity index is 1.71. The van der Waals surface area contributed by atoms with Crippen molar-refractivity contribution in [3.05, 3.63) is 24.0 Å². The van der Waals surface area contributed by atoms with Gasteiger partial charge in [0.15, 0.2) is 0 Å². The molecule has 1 heterocycles. The van der Waals surface area contributed by atoms with Gasteiger partial charge in [0.1, 0.15) is 0 Å². The van der Waals surface area contributed by atoms with Crippen molar-refractivity contribution < 1.29 is 0 Å². The summed E-state index contributed by atoms with van der Waals surface area (Å²) in [5.74, 6) is 1.83. The standard InChI is InChI=1S/C14H24N2/c1-3-16-8-7-13(11-16)9-15-10-14-6-4-5-12(14)2/h7-8,11-12,14-15H,3-6,9-10H2,1-2H3. The minimum atomic E-state index is 0.910. The van der Waals surface area contributed by atoms with E-state index in [9.17, 15) is 0 Å². The van der Waals surface area contributed by atoms with Gasteiger partial charge in [0.2, 0.25) is 0 Å². The summed E-state index contributed by atoms with van der Waals surface area (Å²) in [7, 11) is 0. The Morgan fingerprint density at radius 1 is 1.44 bits per heavy atom. The molecule has 2 nitrogen and oxygen atoms in total. The molecule has 0 saturated heterocycles. The zero-order valence-corrected chi connectivity index (χ0v) is 10.6. The van der Waals surface area contributed by atoms with Crippen molar-refractivity contribution in [1.29, 1.82) is 0 Å². The Labute approximate surface area is 99.0 Å². The first-order valence-corrected chi connectivity index (χ1v) is 6.65. The Hall–Kier alpha value is -0.760. The van der Waals surface area contributed by atoms with Crippen LogP contribution in [0.3, 0.4) is 0 Å². The maximum atomic E-state index is 3.60. The van der Waals surface area contributed by atoms with Crippen LogP contribution in [0.1, 0.15) is 38.7 Å². The molecule has 1 aliphatic carbocycles. The monoisotopic (exact) mass is 220 g/mol. The third-order valence-corrected chi connectivity index (χ3v) is 3.95. The average molecular weight is 220 g/mol. The summed E-state index contributed by atoms with van der Waals surface area (Å²) in [6.45, 7) is 7.86. The molecule has 2 unspecified atom stereocenters. The number of aromatic nitrogens is 1. The fourth-order valence-corrected chi connectivity index (χ4v) is 2.72. The Morgan fingerprint density at radius 3 is 2.94 bits per heavy atom. The number of hydrogen-bond donors (Lipinski definition) is 1. The largest absolute Gasteiger partial charge is 0.354 e. The van der Waals surface area contributed by atoms with Crippen molar-refractivity contribution in [2.24, 2.45) is 11.8 Å². The van der Waals surface area contributed by atoms with Gasteiger partial charge < -0.3 is 9.88 Å². The molecule has 0 bridgehead atoms. The third-order valence-electron chi connectivity index (χ3n) is 3.95. The molecule has 2 atom stereocenters. The van der Waals surface area contributed by atoms with Gasteiger partial charge in [-0.15, -0.1) is 0 Å². The van der Waals surface area contributed by atoms with E-state index in [1.807, 2.05) is 0 Å². The second-order valence-electron chi connectivity index (χ2n) is 5.15. The molecule has 16 heavy (non-hydrogen) atoms. The molecule has 1 N–H and O–H groups in total. The highest BCUT2D eigenvalue weighted by molar-refractivity contribution is 5.09. The van der Waals surface area contributed by atoms with E-state index in [-0.39, 0.29) is 0 Å². The number of nitrogens with one attached hydrogen (secondary N) is 1. The lowest BCUT2D eigenvalue weighted by molar-refractivity contribution is 0.392. The zero-order valence-electron chi connectivity index (χ0n) is 10.6. The lowest BCUT2D eigenvalue weighted by atomic mass is 9.98. The fraction of sp³-hybridized carbons (Fsp3) is 0.714. The molecule has 2 rings (SSSR count). The Bertz CT molecular complexity index is 316. The van der Waals surface area contributed by atoms with Gasteiger partial charge in [-0.2, -0.15) is 0 Å². The van der Waals surface area contributed by atoms with Crippen LogP contribution < -0.4 is 5.32 Å². The first-order valence-electron chi connectivity index (χ1n) is 6.65. The van der Waals surface area contributed by atoms with E-state index < -0.39 is 0 Å². The molecule has 1 aromatic rings. The lowest BCUT2D eigenvalue weighted by Crippen LogP contribution is -2.23. The van der Waals surface area contributed by atoms with Gasteiger partial charge in [0.05, 0.1) is 0 Å². The molecule has 0 aliphatic heterocycles. The summed E-state index contributed by atoms with van der Waals surface area (Å²) < 4.78 is 2.23. The van der Waals surface area contributed by atoms with Crippen LogP contribution in [0.15, 0.2) is 18.5 Å². The summed E-state index contributed by atoms with van der Waals surface area (Å²) in [6, 6.07) is 2.22. The normalized spacial score (nSPS) is 25.1. The molecule has 1 aliphatic rings. The van der Waals surface area contributed by atoms with Gasteiger partial charge in [-0.25, -0.2) is 0 Å². The van der Waals surface area contributed by atoms with Gasteiger partial charge >= 0.3 is 0 Å². The number of rotatable bonds is 5. The van der Waals surface area contributed by atoms with Crippen LogP contribution in [0.4, 0.5) is 0 Å². The molecule has 0 radical (unpaired) electrons. The summed E-state index contributed by atoms with van der Waals surface area (Å²) in [5, 5.41) is 3.60. The minimum absolute atomic E-state index is 0.910. The minimum Gasteiger partial charge on any atom is -0.354 e. The smallest absolute Gasteiger partial charge is 0.0220 e. The number of hydrogen-bond acceptors (Lipinski definition) is 1. The molecule has 2 heteroatoms. The van der Waals surface area contributed by atoms with E-state index in [0.717, 1.165) is 24.9 Å². The van der Waals surface area contributed by atoms with Crippen LogP contribution in [0.2, 0.25) is 0 Å². The van der Waals surface area contributed by atoms with Crippen molar-refractivity contribution in [2.75, 3.05) is 6.54 Å². The highest BCUT2D eigenvalue weighted by Gasteiger charge is 2.22. The fourth-order valence-electron chi connectivity index (χ4n) is 2.72. The molecule has 1 fully saturated rings. The number of nitrogens with zero attached hydrogens (tertiary/aromatic N) is 1. The van der Waals surface area contributed by atoms with Crippen molar-refractivity contribution in [2.45, 2.75) is 46.2 Å². The highest BCUT2D eigenvalue weighted by Crippen LogP contribution is 2.30. The van der Waals surface area contributed by atoms with E-state index >= 15 is 0 Å². The first kappa shape index (κ1) is 11.7. The van der Waals surface area contributed by atoms with Crippen LogP contribution in [0, 0.1) is 11.8 Å². The Morgan fingerprint density at radius 2 is 2.31 bits per heavy atom. The molecule has 0 amide bonds. The second kappa shape index (κ2) is 5.53. The quantitative estimate of drug-likeness (QED) is 0.807. The zero-order chi connectivity index (χ0) is 11.4. The molecule has 0 aromatic carbocycles. The summed E-state index contributed by atoms with van der Waals surface area (Å²) in [6.07, 6.45) is 8.68. The molecule has 1 aromatic heterocycles. The molecular formula is C14H24N2. The van der Waals surface area contributed by atoms with Crippen LogP contribution >= 0.6 is 0 Å². The van der Waals surface area contributed by atoms with Crippen molar-refractivity contribution in [1.82, 2.24) is 9.88 Å². The summed E-state index contributed by atoms with van der Waals surface area (Å²) in [5.41, 5.74) is 1.41. The SMILES string of the molecule is CCn1ccc(CNCC2CCCC2C)c1. The molecule has 90 valence electrons. The molecular weight excluding hydrogens is 196 g/mol. The predicted molar refractivity (Wildman–Crippen MR) is 68.3 cm³/mol. The maximum absolute atomic E-state index is 3.60. The average Bonchev–Trinajstić information content (AvgIpc) is 2.89. The van der Waals surface area contributed by atoms with Crippen LogP contribution in [0.5, 0.6) is 0 Å². The van der Waals surface area contributed by atoms with Gasteiger partial charge in [0.25, 0.3) is 0 Å². The van der Waals surface area contributed by atoms with E-state index in [2.05, 4.69) is 42.2 Å². The maximum Gasteiger partial charge on any atom is 0.0220 e. The second-order valence-corrected chi connectivity index (χ2v) is 5.15. The summed E-state index contributed by atoms with van der Waals surface area (Å²) >= 11 is 0. The predicted octanol–water partition coefficient (Wildman–Crippen LogP) is 3.03. The van der Waals surface area contributed by atoms with Gasteiger partial charge in [-0.3, -0.25) is 0 Å². The summed E-state index contributed by atoms with van der Waals surface area (Å²) in [4.78, 5) is 0. The topological polar surface area (TPSA) is 17.0 Å². The van der Waals surface area contributed by atoms with Crippen LogP contribution in [-0.4, -0.2) is 11.1 Å². The van der Waals surface area contributed by atoms with E-state index in [4.69, 9.17) is 0 Å². The first-order chi connectivity index (χ1) is 7.79. The van der Waals surface area contributed by atoms with E-state index in [0.29, 0.717) is 0 Å². The van der Waals surface area contributed by atoms with Crippen molar-refractivity contribution in [3.8, 4) is 0 Å². The van der Waals surface area contributed by atoms with Gasteiger partial charge in [0, 0.05) is 25.5 Å².